The van der Waals surface area contributed by atoms with Gasteiger partial charge in [-0.05, 0) is 52.2 Å². The molecule has 1 amide bonds. The second kappa shape index (κ2) is 6.13. The van der Waals surface area contributed by atoms with Crippen molar-refractivity contribution in [3.8, 4) is 0 Å². The summed E-state index contributed by atoms with van der Waals surface area (Å²) in [5.41, 5.74) is -0.295. The minimum absolute atomic E-state index is 0.0357. The smallest absolute Gasteiger partial charge is 0.243 e. The summed E-state index contributed by atoms with van der Waals surface area (Å²) < 4.78 is 33.6. The van der Waals surface area contributed by atoms with Crippen LogP contribution in [-0.4, -0.2) is 32.1 Å². The van der Waals surface area contributed by atoms with Gasteiger partial charge >= 0.3 is 0 Å². The van der Waals surface area contributed by atoms with E-state index in [0.717, 1.165) is 12.8 Å². The van der Waals surface area contributed by atoms with Crippen LogP contribution in [0.1, 0.15) is 40.0 Å². The molecule has 2 N–H and O–H groups in total. The van der Waals surface area contributed by atoms with Gasteiger partial charge in [-0.1, -0.05) is 12.1 Å². The number of carbonyl (C=O) groups is 1. The lowest BCUT2D eigenvalue weighted by Crippen LogP contribution is -2.41. The van der Waals surface area contributed by atoms with Crippen molar-refractivity contribution in [3.05, 3.63) is 24.3 Å². The molecule has 3 rings (SSSR count). The van der Waals surface area contributed by atoms with Gasteiger partial charge in [0.2, 0.25) is 15.9 Å². The Bertz CT molecular complexity index is 739. The molecule has 1 aromatic carbocycles. The van der Waals surface area contributed by atoms with E-state index >= 15 is 0 Å². The highest BCUT2D eigenvalue weighted by molar-refractivity contribution is 7.89. The van der Waals surface area contributed by atoms with Crippen molar-refractivity contribution in [3.63, 3.8) is 0 Å². The van der Waals surface area contributed by atoms with Gasteiger partial charge in [-0.3, -0.25) is 4.79 Å². The first-order chi connectivity index (χ1) is 11.2. The van der Waals surface area contributed by atoms with E-state index in [9.17, 15) is 13.2 Å². The fraction of sp³-hybridized carbons (Fsp3) is 0.588. The Hall–Kier alpha value is -1.44. The summed E-state index contributed by atoms with van der Waals surface area (Å²) >= 11 is 0. The van der Waals surface area contributed by atoms with Crippen LogP contribution in [0.3, 0.4) is 0 Å². The number of ether oxygens (including phenoxy) is 1. The van der Waals surface area contributed by atoms with Gasteiger partial charge < -0.3 is 10.1 Å². The number of hydrogen-bond donors (Lipinski definition) is 2. The molecule has 3 atom stereocenters. The summed E-state index contributed by atoms with van der Waals surface area (Å²) in [5, 5.41) is 2.79. The molecule has 0 aromatic heterocycles. The van der Waals surface area contributed by atoms with Crippen LogP contribution in [0.5, 0.6) is 0 Å². The molecule has 1 aromatic rings. The average molecular weight is 352 g/mol. The summed E-state index contributed by atoms with van der Waals surface area (Å²) in [5.74, 6) is -0.365. The lowest BCUT2D eigenvalue weighted by atomic mass is 9.88. The molecule has 0 unspecified atom stereocenters. The fourth-order valence-corrected chi connectivity index (χ4v) is 4.98. The van der Waals surface area contributed by atoms with Gasteiger partial charge in [0.05, 0.1) is 23.8 Å². The summed E-state index contributed by atoms with van der Waals surface area (Å²) in [7, 11) is -3.72. The Kier molecular flexibility index (Phi) is 4.44. The van der Waals surface area contributed by atoms with E-state index in [1.165, 1.54) is 6.07 Å². The Morgan fingerprint density at radius 3 is 2.50 bits per heavy atom. The predicted octanol–water partition coefficient (Wildman–Crippen LogP) is 2.27. The number of sulfonamides is 1. The molecule has 6 nitrogen and oxygen atoms in total. The maximum absolute atomic E-state index is 12.6. The van der Waals surface area contributed by atoms with Crippen LogP contribution in [0.2, 0.25) is 0 Å². The van der Waals surface area contributed by atoms with Gasteiger partial charge in [0.25, 0.3) is 0 Å². The number of fused-ring (bicyclic) bond motifs is 2. The van der Waals surface area contributed by atoms with Gasteiger partial charge in [-0.2, -0.15) is 0 Å². The molecule has 2 aliphatic heterocycles. The molecule has 0 spiro atoms. The van der Waals surface area contributed by atoms with E-state index in [-0.39, 0.29) is 28.9 Å². The lowest BCUT2D eigenvalue weighted by molar-refractivity contribution is -0.121. The van der Waals surface area contributed by atoms with Crippen molar-refractivity contribution in [1.29, 1.82) is 0 Å². The molecular weight excluding hydrogens is 328 g/mol. The number of hydrogen-bond acceptors (Lipinski definition) is 4. The molecule has 0 saturated carbocycles. The first kappa shape index (κ1) is 17.4. The van der Waals surface area contributed by atoms with Gasteiger partial charge in [0.1, 0.15) is 4.90 Å². The van der Waals surface area contributed by atoms with Crippen molar-refractivity contribution in [1.82, 2.24) is 4.72 Å². The Balaban J connectivity index is 1.81. The SMILES string of the molecule is CC(C)(C)NS(=O)(=O)c1ccccc1NC(=O)[C@@H]1C[C@H]2CC[C@H]1O2. The number of rotatable bonds is 4. The maximum Gasteiger partial charge on any atom is 0.243 e. The minimum atomic E-state index is -3.72. The van der Waals surface area contributed by atoms with Gasteiger partial charge in [-0.15, -0.1) is 0 Å². The highest BCUT2D eigenvalue weighted by Crippen LogP contribution is 2.39. The van der Waals surface area contributed by atoms with Crippen molar-refractivity contribution in [2.75, 3.05) is 5.32 Å². The van der Waals surface area contributed by atoms with Crippen LogP contribution in [-0.2, 0) is 19.6 Å². The molecule has 132 valence electrons. The minimum Gasteiger partial charge on any atom is -0.374 e. The molecule has 24 heavy (non-hydrogen) atoms. The number of nitrogens with one attached hydrogen (secondary N) is 2. The first-order valence-corrected chi connectivity index (χ1v) is 9.73. The largest absolute Gasteiger partial charge is 0.374 e. The number of benzene rings is 1. The van der Waals surface area contributed by atoms with Gasteiger partial charge in [0, 0.05) is 5.54 Å². The quantitative estimate of drug-likeness (QED) is 0.870. The second-order valence-corrected chi connectivity index (χ2v) is 9.21. The summed E-state index contributed by atoms with van der Waals surface area (Å²) in [6, 6.07) is 6.47. The zero-order valence-electron chi connectivity index (χ0n) is 14.2. The lowest BCUT2D eigenvalue weighted by Gasteiger charge is -2.22. The summed E-state index contributed by atoms with van der Waals surface area (Å²) in [4.78, 5) is 12.6. The Morgan fingerprint density at radius 2 is 1.92 bits per heavy atom. The predicted molar refractivity (Wildman–Crippen MR) is 91.1 cm³/mol. The molecule has 2 heterocycles. The average Bonchev–Trinajstić information content (AvgIpc) is 3.07. The van der Waals surface area contributed by atoms with E-state index < -0.39 is 15.6 Å². The van der Waals surface area contributed by atoms with Crippen LogP contribution in [0, 0.1) is 5.92 Å². The molecule has 0 aliphatic carbocycles. The third-order valence-corrected chi connectivity index (χ3v) is 6.13. The fourth-order valence-electron chi connectivity index (χ4n) is 3.40. The second-order valence-electron chi connectivity index (χ2n) is 7.56. The summed E-state index contributed by atoms with van der Waals surface area (Å²) in [6.45, 7) is 5.33. The Morgan fingerprint density at radius 1 is 1.21 bits per heavy atom. The molecular formula is C17H24N2O4S. The zero-order chi connectivity index (χ0) is 17.5. The van der Waals surface area contributed by atoms with E-state index in [1.54, 1.807) is 39.0 Å². The number of carbonyl (C=O) groups excluding carboxylic acids is 1. The van der Waals surface area contributed by atoms with E-state index in [1.807, 2.05) is 0 Å². The van der Waals surface area contributed by atoms with E-state index in [0.29, 0.717) is 12.1 Å². The highest BCUT2D eigenvalue weighted by atomic mass is 32.2. The normalized spacial score (nSPS) is 26.5. The molecule has 7 heteroatoms. The topological polar surface area (TPSA) is 84.5 Å². The number of para-hydroxylation sites is 1. The van der Waals surface area contributed by atoms with Crippen LogP contribution in [0.25, 0.3) is 0 Å². The maximum atomic E-state index is 12.6. The summed E-state index contributed by atoms with van der Waals surface area (Å²) in [6.07, 6.45) is 2.76. The number of amides is 1. The van der Waals surface area contributed by atoms with E-state index in [4.69, 9.17) is 4.74 Å². The first-order valence-electron chi connectivity index (χ1n) is 8.25. The Labute approximate surface area is 143 Å². The van der Waals surface area contributed by atoms with Crippen LogP contribution < -0.4 is 10.0 Å². The third-order valence-electron chi connectivity index (χ3n) is 4.32. The molecule has 2 bridgehead atoms. The van der Waals surface area contributed by atoms with Gasteiger partial charge in [-0.25, -0.2) is 13.1 Å². The monoisotopic (exact) mass is 352 g/mol. The van der Waals surface area contributed by atoms with Crippen LogP contribution in [0.15, 0.2) is 29.2 Å². The van der Waals surface area contributed by atoms with Crippen LogP contribution >= 0.6 is 0 Å². The third kappa shape index (κ3) is 3.63. The van der Waals surface area contributed by atoms with Crippen molar-refractivity contribution in [2.24, 2.45) is 5.92 Å². The van der Waals surface area contributed by atoms with Crippen LogP contribution in [0.4, 0.5) is 5.69 Å². The van der Waals surface area contributed by atoms with E-state index in [2.05, 4.69) is 10.0 Å². The highest BCUT2D eigenvalue weighted by Gasteiger charge is 2.44. The van der Waals surface area contributed by atoms with Crippen molar-refractivity contribution < 1.29 is 17.9 Å². The standard InChI is InChI=1S/C17H24N2O4S/c1-17(2,3)19-24(21,22)15-7-5-4-6-13(15)18-16(20)12-10-11-8-9-14(12)23-11/h4-7,11-12,14,19H,8-10H2,1-3H3,(H,18,20)/t11-,12-,14-/m1/s1. The zero-order valence-corrected chi connectivity index (χ0v) is 15.0. The van der Waals surface area contributed by atoms with Crippen molar-refractivity contribution >= 4 is 21.6 Å². The molecule has 2 aliphatic rings. The van der Waals surface area contributed by atoms with Gasteiger partial charge in [0.15, 0.2) is 0 Å². The number of anilines is 1. The van der Waals surface area contributed by atoms with Crippen molar-refractivity contribution in [2.45, 2.75) is 62.7 Å². The molecule has 0 radical (unpaired) electrons. The molecule has 2 fully saturated rings. The molecule has 2 saturated heterocycles.